The minimum atomic E-state index is -1.10. The molecule has 1 aliphatic rings. The summed E-state index contributed by atoms with van der Waals surface area (Å²) in [6.45, 7) is 13.6. The molecular formula is C18H31ClN6OSi. The number of nitrogens with zero attached hydrogens (tertiary/aromatic N) is 5. The smallest absolute Gasteiger partial charge is 0.177 e. The average Bonchev–Trinajstić information content (AvgIpc) is 3.06. The summed E-state index contributed by atoms with van der Waals surface area (Å²) in [5, 5.41) is 17.7. The zero-order valence-corrected chi connectivity index (χ0v) is 18.6. The van der Waals surface area contributed by atoms with E-state index in [0.717, 1.165) is 48.9 Å². The number of halogens is 1. The van der Waals surface area contributed by atoms with E-state index in [9.17, 15) is 0 Å². The van der Waals surface area contributed by atoms with Gasteiger partial charge in [0.25, 0.3) is 0 Å². The highest BCUT2D eigenvalue weighted by Crippen LogP contribution is 2.27. The summed E-state index contributed by atoms with van der Waals surface area (Å²) in [6, 6.07) is 1.50. The van der Waals surface area contributed by atoms with Crippen molar-refractivity contribution in [2.45, 2.75) is 58.2 Å². The number of rotatable bonds is 8. The van der Waals surface area contributed by atoms with Gasteiger partial charge in [-0.05, 0) is 32.0 Å². The van der Waals surface area contributed by atoms with Gasteiger partial charge < -0.3 is 15.0 Å². The van der Waals surface area contributed by atoms with Gasteiger partial charge in [0.2, 0.25) is 0 Å². The number of hydrogen-bond donors (Lipinski definition) is 1. The van der Waals surface area contributed by atoms with Crippen LogP contribution >= 0.6 is 11.6 Å². The van der Waals surface area contributed by atoms with E-state index in [2.05, 4.69) is 52.1 Å². The fraction of sp³-hybridized carbons (Fsp3) is 0.722. The number of ether oxygens (including phenoxy) is 1. The van der Waals surface area contributed by atoms with Crippen LogP contribution in [0.4, 0.5) is 5.82 Å². The molecule has 1 saturated heterocycles. The van der Waals surface area contributed by atoms with E-state index >= 15 is 0 Å². The van der Waals surface area contributed by atoms with Gasteiger partial charge in [-0.1, -0.05) is 38.2 Å². The number of fused-ring (bicyclic) bond motifs is 1. The summed E-state index contributed by atoms with van der Waals surface area (Å²) in [5.41, 5.74) is 0.783. The Bertz CT molecular complexity index is 762. The molecule has 2 aromatic rings. The Labute approximate surface area is 167 Å². The van der Waals surface area contributed by atoms with Gasteiger partial charge in [0.15, 0.2) is 11.0 Å². The van der Waals surface area contributed by atoms with Crippen LogP contribution in [-0.4, -0.2) is 65.2 Å². The highest BCUT2D eigenvalue weighted by Gasteiger charge is 2.21. The second-order valence-corrected chi connectivity index (χ2v) is 14.4. The van der Waals surface area contributed by atoms with E-state index in [-0.39, 0.29) is 0 Å². The van der Waals surface area contributed by atoms with Crippen LogP contribution < -0.4 is 5.32 Å². The van der Waals surface area contributed by atoms with Crippen molar-refractivity contribution in [2.24, 2.45) is 0 Å². The van der Waals surface area contributed by atoms with Crippen molar-refractivity contribution in [1.29, 1.82) is 0 Å². The fourth-order valence-corrected chi connectivity index (χ4v) is 4.35. The first-order valence-electron chi connectivity index (χ1n) is 9.81. The largest absolute Gasteiger partial charge is 0.364 e. The average molecular weight is 411 g/mol. The highest BCUT2D eigenvalue weighted by atomic mass is 35.5. The summed E-state index contributed by atoms with van der Waals surface area (Å²) in [5.74, 6) is 0.755. The molecule has 1 N–H and O–H groups in total. The maximum atomic E-state index is 6.33. The van der Waals surface area contributed by atoms with E-state index in [1.54, 1.807) is 10.9 Å². The van der Waals surface area contributed by atoms with Crippen LogP contribution in [0.5, 0.6) is 0 Å². The Morgan fingerprint density at radius 3 is 2.89 bits per heavy atom. The van der Waals surface area contributed by atoms with Crippen LogP contribution in [-0.2, 0) is 11.5 Å². The van der Waals surface area contributed by atoms with Crippen molar-refractivity contribution in [3.05, 3.63) is 11.3 Å². The topological polar surface area (TPSA) is 68.1 Å². The molecule has 1 aliphatic heterocycles. The van der Waals surface area contributed by atoms with Gasteiger partial charge in [-0.25, -0.2) is 4.68 Å². The summed E-state index contributed by atoms with van der Waals surface area (Å²) >= 11 is 6.33. The number of hydrogen-bond acceptors (Lipinski definition) is 6. The van der Waals surface area contributed by atoms with Gasteiger partial charge >= 0.3 is 0 Å². The number of aromatic nitrogens is 4. The first kappa shape index (κ1) is 20.5. The quantitative estimate of drug-likeness (QED) is 0.528. The van der Waals surface area contributed by atoms with Gasteiger partial charge in [0, 0.05) is 27.3 Å². The van der Waals surface area contributed by atoms with E-state index in [4.69, 9.17) is 16.3 Å². The van der Waals surface area contributed by atoms with E-state index in [1.807, 2.05) is 0 Å². The number of likely N-dealkylation sites (N-methyl/N-ethyl adjacent to an activating group) is 1. The van der Waals surface area contributed by atoms with Crippen LogP contribution in [0.3, 0.4) is 0 Å². The lowest BCUT2D eigenvalue weighted by Gasteiger charge is -2.32. The second kappa shape index (κ2) is 8.85. The van der Waals surface area contributed by atoms with Crippen molar-refractivity contribution in [1.82, 2.24) is 24.9 Å². The lowest BCUT2D eigenvalue weighted by molar-refractivity contribution is 0.0816. The zero-order chi connectivity index (χ0) is 19.4. The van der Waals surface area contributed by atoms with Gasteiger partial charge in [0.1, 0.15) is 12.2 Å². The van der Waals surface area contributed by atoms with Crippen LogP contribution in [0, 0.1) is 0 Å². The van der Waals surface area contributed by atoms with Crippen molar-refractivity contribution in [2.75, 3.05) is 31.6 Å². The molecule has 0 radical (unpaired) electrons. The molecular weight excluding hydrogens is 380 g/mol. The van der Waals surface area contributed by atoms with Crippen LogP contribution in [0.2, 0.25) is 30.8 Å². The molecule has 0 amide bonds. The third-order valence-electron chi connectivity index (χ3n) is 5.03. The summed E-state index contributed by atoms with van der Waals surface area (Å²) in [7, 11) is -1.10. The summed E-state index contributed by atoms with van der Waals surface area (Å²) in [6.07, 6.45) is 4.14. The molecule has 0 aromatic carbocycles. The predicted molar refractivity (Wildman–Crippen MR) is 113 cm³/mol. The number of likely N-dealkylation sites (tertiary alicyclic amines) is 1. The molecule has 3 heterocycles. The third kappa shape index (κ3) is 5.40. The Morgan fingerprint density at radius 2 is 2.15 bits per heavy atom. The van der Waals surface area contributed by atoms with E-state index < -0.39 is 8.07 Å². The fourth-order valence-electron chi connectivity index (χ4n) is 3.36. The van der Waals surface area contributed by atoms with Gasteiger partial charge in [-0.3, -0.25) is 0 Å². The molecule has 2 aromatic heterocycles. The van der Waals surface area contributed by atoms with Gasteiger partial charge in [-0.2, -0.15) is 5.10 Å². The maximum Gasteiger partial charge on any atom is 0.177 e. The molecule has 0 saturated carbocycles. The van der Waals surface area contributed by atoms with Crippen molar-refractivity contribution >= 4 is 36.4 Å². The van der Waals surface area contributed by atoms with E-state index in [1.165, 1.54) is 13.0 Å². The Hall–Kier alpha value is -1.22. The minimum Gasteiger partial charge on any atom is -0.364 e. The molecule has 0 bridgehead atoms. The SMILES string of the molecule is CCN1CCC[C@@H](Nc2nnc(Cl)c3c2cnn3COCC[Si](C)(C)C)C1. The van der Waals surface area contributed by atoms with Crippen LogP contribution in [0.15, 0.2) is 6.20 Å². The molecule has 0 aliphatic carbocycles. The zero-order valence-electron chi connectivity index (χ0n) is 16.8. The molecule has 7 nitrogen and oxygen atoms in total. The Morgan fingerprint density at radius 1 is 1.33 bits per heavy atom. The Kier molecular flexibility index (Phi) is 6.72. The van der Waals surface area contributed by atoms with Crippen LogP contribution in [0.1, 0.15) is 19.8 Å². The third-order valence-corrected chi connectivity index (χ3v) is 6.99. The van der Waals surface area contributed by atoms with Gasteiger partial charge in [-0.15, -0.1) is 10.2 Å². The Balaban J connectivity index is 1.71. The van der Waals surface area contributed by atoms with Gasteiger partial charge in [0.05, 0.1) is 11.6 Å². The van der Waals surface area contributed by atoms with Crippen molar-refractivity contribution in [3.8, 4) is 0 Å². The molecule has 9 heteroatoms. The first-order chi connectivity index (χ1) is 12.9. The molecule has 27 heavy (non-hydrogen) atoms. The molecule has 150 valence electrons. The number of piperidine rings is 1. The summed E-state index contributed by atoms with van der Waals surface area (Å²) < 4.78 is 7.62. The second-order valence-electron chi connectivity index (χ2n) is 8.47. The van der Waals surface area contributed by atoms with Crippen molar-refractivity contribution in [3.63, 3.8) is 0 Å². The van der Waals surface area contributed by atoms with E-state index in [0.29, 0.717) is 17.9 Å². The number of nitrogens with one attached hydrogen (secondary N) is 1. The number of anilines is 1. The molecule has 0 unspecified atom stereocenters. The maximum absolute atomic E-state index is 6.33. The molecule has 3 rings (SSSR count). The highest BCUT2D eigenvalue weighted by molar-refractivity contribution is 6.76. The first-order valence-corrected chi connectivity index (χ1v) is 13.9. The normalized spacial score (nSPS) is 18.9. The van der Waals surface area contributed by atoms with Crippen molar-refractivity contribution < 1.29 is 4.74 Å². The molecule has 1 atom stereocenters. The monoisotopic (exact) mass is 410 g/mol. The van der Waals surface area contributed by atoms with Crippen LogP contribution in [0.25, 0.3) is 10.9 Å². The lowest BCUT2D eigenvalue weighted by Crippen LogP contribution is -2.42. The standard InChI is InChI=1S/C18H31ClN6OSi/c1-5-24-8-6-7-14(12-24)21-18-15-11-20-25(16(15)17(19)22-23-18)13-26-9-10-27(2,3)4/h11,14H,5-10,12-13H2,1-4H3,(H,21,23)/t14-/m1/s1. The molecule has 0 spiro atoms. The summed E-state index contributed by atoms with van der Waals surface area (Å²) in [4.78, 5) is 2.46. The predicted octanol–water partition coefficient (Wildman–Crippen LogP) is 3.69. The molecule has 1 fully saturated rings. The minimum absolute atomic E-state index is 0.362. The lowest BCUT2D eigenvalue weighted by atomic mass is 10.1.